The van der Waals surface area contributed by atoms with Crippen LogP contribution < -0.4 is 9.47 Å². The Labute approximate surface area is 111 Å². The Kier molecular flexibility index (Phi) is 4.07. The summed E-state index contributed by atoms with van der Waals surface area (Å²) in [5.74, 6) is 1.10. The van der Waals surface area contributed by atoms with Gasteiger partial charge in [-0.15, -0.1) is 0 Å². The molecule has 0 aliphatic carbocycles. The lowest BCUT2D eigenvalue weighted by atomic mass is 10.1. The maximum atomic E-state index is 11.5. The first-order chi connectivity index (χ1) is 9.22. The van der Waals surface area contributed by atoms with Crippen LogP contribution in [0.2, 0.25) is 0 Å². The van der Waals surface area contributed by atoms with E-state index < -0.39 is 0 Å². The molecule has 0 N–H and O–H groups in total. The highest BCUT2D eigenvalue weighted by Crippen LogP contribution is 2.20. The maximum Gasteiger partial charge on any atom is 0.325 e. The minimum absolute atomic E-state index is 0.101. The Morgan fingerprint density at radius 3 is 2.58 bits per heavy atom. The lowest BCUT2D eigenvalue weighted by molar-refractivity contribution is 0.0988. The predicted octanol–water partition coefficient (Wildman–Crippen LogP) is 2.87. The normalized spacial score (nSPS) is 10.0. The minimum atomic E-state index is 0.101. The summed E-state index contributed by atoms with van der Waals surface area (Å²) in [7, 11) is 1.53. The number of carbonyl (C=O) groups excluding carboxylic acids is 1. The van der Waals surface area contributed by atoms with Crippen LogP contribution in [-0.2, 0) is 0 Å². The molecular formula is C14H14N2O3. The van der Waals surface area contributed by atoms with Crippen molar-refractivity contribution in [2.45, 2.75) is 13.3 Å². The molecule has 2 rings (SSSR count). The summed E-state index contributed by atoms with van der Waals surface area (Å²) in [6, 6.07) is 8.71. The number of hydrogen-bond donors (Lipinski definition) is 0. The van der Waals surface area contributed by atoms with Crippen molar-refractivity contribution in [3.8, 4) is 17.6 Å². The Morgan fingerprint density at radius 1 is 1.21 bits per heavy atom. The molecule has 0 amide bonds. The van der Waals surface area contributed by atoms with Gasteiger partial charge in [-0.05, 0) is 24.3 Å². The van der Waals surface area contributed by atoms with Crippen molar-refractivity contribution in [2.75, 3.05) is 7.11 Å². The van der Waals surface area contributed by atoms with Gasteiger partial charge in [0.2, 0.25) is 5.88 Å². The van der Waals surface area contributed by atoms with Crippen molar-refractivity contribution < 1.29 is 14.3 Å². The molecule has 5 heteroatoms. The van der Waals surface area contributed by atoms with Crippen LogP contribution in [0.1, 0.15) is 23.7 Å². The van der Waals surface area contributed by atoms with Crippen LogP contribution >= 0.6 is 0 Å². The van der Waals surface area contributed by atoms with Crippen molar-refractivity contribution in [2.24, 2.45) is 0 Å². The molecule has 1 heterocycles. The van der Waals surface area contributed by atoms with Gasteiger partial charge in [0.1, 0.15) is 5.75 Å². The predicted molar refractivity (Wildman–Crippen MR) is 69.7 cm³/mol. The Hall–Kier alpha value is -2.43. The molecule has 0 fully saturated rings. The molecule has 0 aliphatic heterocycles. The van der Waals surface area contributed by atoms with Gasteiger partial charge in [-0.3, -0.25) is 4.79 Å². The minimum Gasteiger partial charge on any atom is -0.481 e. The van der Waals surface area contributed by atoms with Gasteiger partial charge in [0.15, 0.2) is 5.78 Å². The highest BCUT2D eigenvalue weighted by atomic mass is 16.5. The van der Waals surface area contributed by atoms with E-state index in [1.54, 1.807) is 36.5 Å². The van der Waals surface area contributed by atoms with Gasteiger partial charge in [0.25, 0.3) is 0 Å². The Balaban J connectivity index is 2.12. The second-order valence-corrected chi connectivity index (χ2v) is 3.78. The summed E-state index contributed by atoms with van der Waals surface area (Å²) in [5.41, 5.74) is 0.668. The molecule has 0 spiro atoms. The highest BCUT2D eigenvalue weighted by molar-refractivity contribution is 5.95. The van der Waals surface area contributed by atoms with E-state index in [1.165, 1.54) is 7.11 Å². The van der Waals surface area contributed by atoms with Crippen LogP contribution in [0.4, 0.5) is 0 Å². The first-order valence-electron chi connectivity index (χ1n) is 5.91. The second kappa shape index (κ2) is 5.95. The number of Topliss-reactive ketones (excluding diaryl/α,β-unsaturated/α-hetero) is 1. The van der Waals surface area contributed by atoms with Gasteiger partial charge >= 0.3 is 6.01 Å². The molecular weight excluding hydrogens is 244 g/mol. The summed E-state index contributed by atoms with van der Waals surface area (Å²) in [6.45, 7) is 1.83. The summed E-state index contributed by atoms with van der Waals surface area (Å²) in [5, 5.41) is 0. The first-order valence-corrected chi connectivity index (χ1v) is 5.91. The molecule has 0 unspecified atom stereocenters. The third-order valence-corrected chi connectivity index (χ3v) is 2.52. The van der Waals surface area contributed by atoms with Crippen molar-refractivity contribution in [1.82, 2.24) is 9.97 Å². The van der Waals surface area contributed by atoms with E-state index >= 15 is 0 Å². The summed E-state index contributed by atoms with van der Waals surface area (Å²) in [6.07, 6.45) is 2.04. The quantitative estimate of drug-likeness (QED) is 0.772. The third kappa shape index (κ3) is 3.28. The number of benzene rings is 1. The summed E-state index contributed by atoms with van der Waals surface area (Å²) >= 11 is 0. The maximum absolute atomic E-state index is 11.5. The molecule has 0 saturated carbocycles. The van der Waals surface area contributed by atoms with Gasteiger partial charge in [0.05, 0.1) is 7.11 Å². The zero-order valence-corrected chi connectivity index (χ0v) is 10.8. The van der Waals surface area contributed by atoms with E-state index in [-0.39, 0.29) is 11.8 Å². The largest absolute Gasteiger partial charge is 0.481 e. The topological polar surface area (TPSA) is 61.3 Å². The van der Waals surface area contributed by atoms with E-state index in [1.807, 2.05) is 6.92 Å². The number of aromatic nitrogens is 2. The molecule has 19 heavy (non-hydrogen) atoms. The van der Waals surface area contributed by atoms with Crippen LogP contribution in [0.15, 0.2) is 36.5 Å². The van der Waals surface area contributed by atoms with Gasteiger partial charge in [-0.1, -0.05) is 6.92 Å². The van der Waals surface area contributed by atoms with Crippen LogP contribution in [-0.4, -0.2) is 22.9 Å². The summed E-state index contributed by atoms with van der Waals surface area (Å²) in [4.78, 5) is 19.5. The molecule has 2 aromatic rings. The standard InChI is InChI=1S/C14H14N2O3/c1-3-12(17)10-4-6-11(7-5-10)19-14-15-9-8-13(16-14)18-2/h4-9H,3H2,1-2H3. The number of ketones is 1. The zero-order chi connectivity index (χ0) is 13.7. The molecule has 1 aromatic heterocycles. The molecule has 0 saturated heterocycles. The van der Waals surface area contributed by atoms with Crippen LogP contribution in [0.5, 0.6) is 17.6 Å². The molecule has 98 valence electrons. The average molecular weight is 258 g/mol. The van der Waals surface area contributed by atoms with E-state index in [0.717, 1.165) is 0 Å². The fourth-order valence-electron chi connectivity index (χ4n) is 1.51. The zero-order valence-electron chi connectivity index (χ0n) is 10.8. The molecule has 1 aromatic carbocycles. The van der Waals surface area contributed by atoms with Crippen molar-refractivity contribution >= 4 is 5.78 Å². The molecule has 0 atom stereocenters. The first kappa shape index (κ1) is 13.0. The van der Waals surface area contributed by atoms with Crippen molar-refractivity contribution in [1.29, 1.82) is 0 Å². The average Bonchev–Trinajstić information content (AvgIpc) is 2.47. The lowest BCUT2D eigenvalue weighted by Gasteiger charge is -2.05. The van der Waals surface area contributed by atoms with E-state index in [9.17, 15) is 4.79 Å². The van der Waals surface area contributed by atoms with E-state index in [2.05, 4.69) is 9.97 Å². The van der Waals surface area contributed by atoms with Crippen molar-refractivity contribution in [3.63, 3.8) is 0 Å². The molecule has 0 radical (unpaired) electrons. The van der Waals surface area contributed by atoms with Crippen molar-refractivity contribution in [3.05, 3.63) is 42.1 Å². The number of methoxy groups -OCH3 is 1. The summed E-state index contributed by atoms with van der Waals surface area (Å²) < 4.78 is 10.5. The van der Waals surface area contributed by atoms with E-state index in [0.29, 0.717) is 23.6 Å². The van der Waals surface area contributed by atoms with Gasteiger partial charge in [-0.25, -0.2) is 4.98 Å². The SMILES string of the molecule is CCC(=O)c1ccc(Oc2nccc(OC)n2)cc1. The smallest absolute Gasteiger partial charge is 0.325 e. The van der Waals surface area contributed by atoms with Crippen LogP contribution in [0, 0.1) is 0 Å². The van der Waals surface area contributed by atoms with Gasteiger partial charge in [-0.2, -0.15) is 4.98 Å². The fraction of sp³-hybridized carbons (Fsp3) is 0.214. The van der Waals surface area contributed by atoms with Crippen LogP contribution in [0.3, 0.4) is 0 Å². The number of hydrogen-bond acceptors (Lipinski definition) is 5. The molecule has 5 nitrogen and oxygen atoms in total. The van der Waals surface area contributed by atoms with Gasteiger partial charge in [0, 0.05) is 24.2 Å². The Morgan fingerprint density at radius 2 is 1.95 bits per heavy atom. The van der Waals surface area contributed by atoms with Crippen LogP contribution in [0.25, 0.3) is 0 Å². The highest BCUT2D eigenvalue weighted by Gasteiger charge is 2.05. The number of carbonyl (C=O) groups is 1. The molecule has 0 bridgehead atoms. The number of nitrogens with zero attached hydrogens (tertiary/aromatic N) is 2. The monoisotopic (exact) mass is 258 g/mol. The van der Waals surface area contributed by atoms with Gasteiger partial charge < -0.3 is 9.47 Å². The fourth-order valence-corrected chi connectivity index (χ4v) is 1.51. The van der Waals surface area contributed by atoms with E-state index in [4.69, 9.17) is 9.47 Å². The Bertz CT molecular complexity index is 567. The third-order valence-electron chi connectivity index (χ3n) is 2.52. The lowest BCUT2D eigenvalue weighted by Crippen LogP contribution is -1.97. The number of ether oxygens (including phenoxy) is 2. The molecule has 0 aliphatic rings. The second-order valence-electron chi connectivity index (χ2n) is 3.78. The number of rotatable bonds is 5.